The predicted octanol–water partition coefficient (Wildman–Crippen LogP) is 12.9. The Morgan fingerprint density at radius 2 is 0.875 bits per heavy atom. The maximum absolute atomic E-state index is 5.18. The fraction of sp³-hybridized carbons (Fsp3) is 0.0189. The summed E-state index contributed by atoms with van der Waals surface area (Å²) >= 11 is 0. The first-order chi connectivity index (χ1) is 27.8. The van der Waals surface area contributed by atoms with E-state index in [1.807, 2.05) is 24.3 Å². The van der Waals surface area contributed by atoms with Gasteiger partial charge in [0.15, 0.2) is 5.82 Å². The third-order valence-corrected chi connectivity index (χ3v) is 12.0. The van der Waals surface area contributed by atoms with Crippen LogP contribution < -0.4 is 0 Å². The third-order valence-electron chi connectivity index (χ3n) is 12.0. The molecule has 12 rings (SSSR count). The summed E-state index contributed by atoms with van der Waals surface area (Å²) in [5.41, 5.74) is 18.6. The molecule has 0 fully saturated rings. The number of aromatic nitrogens is 3. The molecule has 0 unspecified atom stereocenters. The molecule has 3 nitrogen and oxygen atoms in total. The number of benzene rings is 8. The van der Waals surface area contributed by atoms with Crippen molar-refractivity contribution in [1.82, 2.24) is 14.5 Å². The Balaban J connectivity index is 1.10. The number of rotatable bonds is 4. The summed E-state index contributed by atoms with van der Waals surface area (Å²) in [7, 11) is 0. The zero-order chi connectivity index (χ0) is 36.8. The Bertz CT molecular complexity index is 3090. The summed E-state index contributed by atoms with van der Waals surface area (Å²) in [6, 6.07) is 72.5. The van der Waals surface area contributed by atoms with E-state index in [2.05, 4.69) is 180 Å². The topological polar surface area (TPSA) is 30.7 Å². The van der Waals surface area contributed by atoms with Crippen molar-refractivity contribution in [3.63, 3.8) is 0 Å². The maximum atomic E-state index is 5.18. The normalized spacial score (nSPS) is 13.1. The van der Waals surface area contributed by atoms with Gasteiger partial charge < -0.3 is 4.57 Å². The quantitative estimate of drug-likeness (QED) is 0.182. The van der Waals surface area contributed by atoms with Crippen LogP contribution in [-0.2, 0) is 5.41 Å². The smallest absolute Gasteiger partial charge is 0.160 e. The van der Waals surface area contributed by atoms with E-state index in [4.69, 9.17) is 9.97 Å². The molecule has 2 aliphatic carbocycles. The van der Waals surface area contributed by atoms with Crippen LogP contribution in [0.25, 0.3) is 83.6 Å². The van der Waals surface area contributed by atoms with Gasteiger partial charge in [0.25, 0.3) is 0 Å². The van der Waals surface area contributed by atoms with Gasteiger partial charge in [-0.15, -0.1) is 0 Å². The minimum Gasteiger partial charge on any atom is -0.309 e. The summed E-state index contributed by atoms with van der Waals surface area (Å²) in [6.45, 7) is 0. The van der Waals surface area contributed by atoms with E-state index in [1.165, 1.54) is 66.3 Å². The van der Waals surface area contributed by atoms with E-state index in [-0.39, 0.29) is 0 Å². The second-order valence-corrected chi connectivity index (χ2v) is 14.9. The van der Waals surface area contributed by atoms with Crippen molar-refractivity contribution < 1.29 is 0 Å². The maximum Gasteiger partial charge on any atom is 0.160 e. The molecule has 0 amide bonds. The van der Waals surface area contributed by atoms with Crippen LogP contribution in [-0.4, -0.2) is 14.5 Å². The molecule has 56 heavy (non-hydrogen) atoms. The van der Waals surface area contributed by atoms with Gasteiger partial charge in [0, 0.05) is 33.2 Å². The molecule has 2 aliphatic rings. The molecule has 0 radical (unpaired) electrons. The predicted molar refractivity (Wildman–Crippen MR) is 229 cm³/mol. The second kappa shape index (κ2) is 11.8. The minimum absolute atomic E-state index is 0.393. The third kappa shape index (κ3) is 4.28. The highest BCUT2D eigenvalue weighted by Crippen LogP contribution is 2.63. The molecule has 3 heteroatoms. The molecule has 0 atom stereocenters. The molecule has 0 aliphatic heterocycles. The number of fused-ring (bicyclic) bond motifs is 13. The van der Waals surface area contributed by atoms with Gasteiger partial charge in [-0.05, 0) is 80.9 Å². The Hall–Kier alpha value is -7.36. The van der Waals surface area contributed by atoms with Gasteiger partial charge in [0.1, 0.15) is 0 Å². The van der Waals surface area contributed by atoms with Gasteiger partial charge >= 0.3 is 0 Å². The van der Waals surface area contributed by atoms with Crippen LogP contribution >= 0.6 is 0 Å². The average Bonchev–Trinajstić information content (AvgIpc) is 3.87. The van der Waals surface area contributed by atoms with Crippen LogP contribution in [0.15, 0.2) is 200 Å². The molecule has 0 bridgehead atoms. The molecule has 2 heterocycles. The Morgan fingerprint density at radius 3 is 1.55 bits per heavy atom. The summed E-state index contributed by atoms with van der Waals surface area (Å²) in [5, 5.41) is 2.49. The molecule has 260 valence electrons. The molecule has 0 saturated carbocycles. The summed E-state index contributed by atoms with van der Waals surface area (Å²) in [6.07, 6.45) is 0. The molecule has 2 aromatic heterocycles. The van der Waals surface area contributed by atoms with Gasteiger partial charge in [-0.1, -0.05) is 164 Å². The summed E-state index contributed by atoms with van der Waals surface area (Å²) in [5.74, 6) is 0.711. The van der Waals surface area contributed by atoms with Gasteiger partial charge in [0.2, 0.25) is 0 Å². The van der Waals surface area contributed by atoms with Crippen molar-refractivity contribution in [2.24, 2.45) is 0 Å². The lowest BCUT2D eigenvalue weighted by molar-refractivity contribution is 0.795. The fourth-order valence-corrected chi connectivity index (χ4v) is 9.70. The van der Waals surface area contributed by atoms with E-state index in [9.17, 15) is 0 Å². The van der Waals surface area contributed by atoms with Crippen molar-refractivity contribution in [2.45, 2.75) is 5.41 Å². The second-order valence-electron chi connectivity index (χ2n) is 14.9. The van der Waals surface area contributed by atoms with Crippen LogP contribution in [0.2, 0.25) is 0 Å². The lowest BCUT2D eigenvalue weighted by Gasteiger charge is -2.30. The first kappa shape index (κ1) is 31.0. The Morgan fingerprint density at radius 1 is 0.339 bits per heavy atom. The number of hydrogen-bond acceptors (Lipinski definition) is 2. The van der Waals surface area contributed by atoms with E-state index >= 15 is 0 Å². The zero-order valence-electron chi connectivity index (χ0n) is 30.4. The first-order valence-corrected chi connectivity index (χ1v) is 19.2. The van der Waals surface area contributed by atoms with Crippen molar-refractivity contribution in [1.29, 1.82) is 0 Å². The molecule has 1 spiro atoms. The van der Waals surface area contributed by atoms with Crippen molar-refractivity contribution in [3.05, 3.63) is 222 Å². The molecule has 0 N–H and O–H groups in total. The van der Waals surface area contributed by atoms with Crippen molar-refractivity contribution >= 4 is 21.8 Å². The van der Waals surface area contributed by atoms with Crippen LogP contribution in [0.3, 0.4) is 0 Å². The Kier molecular flexibility index (Phi) is 6.55. The van der Waals surface area contributed by atoms with Gasteiger partial charge in [-0.2, -0.15) is 0 Å². The SMILES string of the molecule is c1ccc(-c2cc(-c3cccc(-n4c5ccccc5c5cc6c(cc54)-c4ccccc4C64c5ccccc5-c5ccccc54)c3)nc(-c3ccccc3)n2)cc1. The van der Waals surface area contributed by atoms with Crippen molar-refractivity contribution in [2.75, 3.05) is 0 Å². The van der Waals surface area contributed by atoms with E-state index in [0.29, 0.717) is 5.82 Å². The largest absolute Gasteiger partial charge is 0.309 e. The minimum atomic E-state index is -0.393. The molecule has 0 saturated heterocycles. The molecule has 8 aromatic carbocycles. The van der Waals surface area contributed by atoms with Crippen molar-refractivity contribution in [3.8, 4) is 61.8 Å². The molecular formula is C53H33N3. The van der Waals surface area contributed by atoms with Crippen LogP contribution in [0.4, 0.5) is 0 Å². The van der Waals surface area contributed by atoms with Crippen LogP contribution in [0.1, 0.15) is 22.3 Å². The first-order valence-electron chi connectivity index (χ1n) is 19.2. The van der Waals surface area contributed by atoms with Crippen LogP contribution in [0, 0.1) is 0 Å². The summed E-state index contributed by atoms with van der Waals surface area (Å²) in [4.78, 5) is 10.2. The van der Waals surface area contributed by atoms with E-state index in [1.54, 1.807) is 0 Å². The number of nitrogens with zero attached hydrogens (tertiary/aromatic N) is 3. The fourth-order valence-electron chi connectivity index (χ4n) is 9.70. The highest BCUT2D eigenvalue weighted by Gasteiger charge is 2.51. The van der Waals surface area contributed by atoms with Gasteiger partial charge in [-0.3, -0.25) is 0 Å². The van der Waals surface area contributed by atoms with Gasteiger partial charge in [-0.25, -0.2) is 9.97 Å². The lowest BCUT2D eigenvalue weighted by atomic mass is 9.70. The van der Waals surface area contributed by atoms with Gasteiger partial charge in [0.05, 0.1) is 27.8 Å². The number of para-hydroxylation sites is 1. The summed E-state index contributed by atoms with van der Waals surface area (Å²) < 4.78 is 2.44. The highest BCUT2D eigenvalue weighted by atomic mass is 15.0. The lowest BCUT2D eigenvalue weighted by Crippen LogP contribution is -2.25. The molecule has 10 aromatic rings. The van der Waals surface area contributed by atoms with E-state index < -0.39 is 5.41 Å². The average molecular weight is 712 g/mol. The van der Waals surface area contributed by atoms with E-state index in [0.717, 1.165) is 33.8 Å². The zero-order valence-corrected chi connectivity index (χ0v) is 30.4. The highest BCUT2D eigenvalue weighted by molar-refractivity contribution is 6.12. The van der Waals surface area contributed by atoms with Crippen LogP contribution in [0.5, 0.6) is 0 Å². The Labute approximate surface area is 324 Å². The molecular weight excluding hydrogens is 679 g/mol. The number of hydrogen-bond donors (Lipinski definition) is 0. The monoisotopic (exact) mass is 711 g/mol. The standard InChI is InChI=1S/C53H33N3/c1-3-16-34(17-4-1)48-33-49(55-52(54-48)35-18-5-2-6-19-35)36-20-15-21-37(30-36)56-50-29-14-10-25-41(50)43-31-47-42(32-51(43)56)40-24-9-13-28-46(40)53(47)44-26-11-7-22-38(44)39-23-8-12-27-45(39)53/h1-33H.